The predicted molar refractivity (Wildman–Crippen MR) is 104 cm³/mol. The van der Waals surface area contributed by atoms with Crippen LogP contribution in [0.1, 0.15) is 27.7 Å². The number of para-hydroxylation sites is 1. The highest BCUT2D eigenvalue weighted by Gasteiger charge is 2.26. The third-order valence-electron chi connectivity index (χ3n) is 3.48. The lowest BCUT2D eigenvalue weighted by molar-refractivity contribution is -0.151. The molecular formula is C19H28N4O5. The van der Waals surface area contributed by atoms with Crippen LogP contribution >= 0.6 is 0 Å². The Labute approximate surface area is 164 Å². The highest BCUT2D eigenvalue weighted by molar-refractivity contribution is 5.93. The van der Waals surface area contributed by atoms with E-state index in [9.17, 15) is 19.2 Å². The molecule has 0 radical (unpaired) electrons. The lowest BCUT2D eigenvalue weighted by Gasteiger charge is -2.21. The second-order valence-electron chi connectivity index (χ2n) is 6.79. The van der Waals surface area contributed by atoms with Crippen molar-refractivity contribution in [3.05, 3.63) is 30.3 Å². The van der Waals surface area contributed by atoms with E-state index < -0.39 is 30.6 Å². The van der Waals surface area contributed by atoms with E-state index in [4.69, 9.17) is 4.74 Å². The maximum atomic E-state index is 12.2. The van der Waals surface area contributed by atoms with Gasteiger partial charge in [-0.1, -0.05) is 32.0 Å². The topological polar surface area (TPSA) is 126 Å². The Morgan fingerprint density at radius 3 is 2.14 bits per heavy atom. The first-order valence-electron chi connectivity index (χ1n) is 9.04. The number of urea groups is 1. The molecule has 1 atom stereocenters. The molecule has 4 amide bonds. The van der Waals surface area contributed by atoms with Crippen molar-refractivity contribution < 1.29 is 23.9 Å². The first-order valence-corrected chi connectivity index (χ1v) is 9.04. The monoisotopic (exact) mass is 392 g/mol. The highest BCUT2D eigenvalue weighted by atomic mass is 16.5. The molecular weight excluding hydrogens is 364 g/mol. The summed E-state index contributed by atoms with van der Waals surface area (Å²) in [6, 6.07) is 7.24. The smallest absolute Gasteiger partial charge is 0.329 e. The van der Waals surface area contributed by atoms with Crippen molar-refractivity contribution >= 4 is 29.5 Å². The van der Waals surface area contributed by atoms with Gasteiger partial charge in [0.15, 0.2) is 6.61 Å². The Morgan fingerprint density at radius 1 is 0.929 bits per heavy atom. The summed E-state index contributed by atoms with van der Waals surface area (Å²) in [5, 5.41) is 10.1. The van der Waals surface area contributed by atoms with Crippen LogP contribution in [-0.4, -0.2) is 49.1 Å². The summed E-state index contributed by atoms with van der Waals surface area (Å²) < 4.78 is 4.97. The van der Waals surface area contributed by atoms with Gasteiger partial charge in [0, 0.05) is 11.7 Å². The standard InChI is InChI=1S/C19H28N4O5/c1-12(2)17(23-19(27)22-14-8-6-5-7-9-14)18(26)28-11-16(25)20-10-15(24)21-13(3)4/h5-9,12-13,17H,10-11H2,1-4H3,(H,20,25)(H,21,24)(H2,22,23,27)/t17-/m0/s1. The summed E-state index contributed by atoms with van der Waals surface area (Å²) in [6.07, 6.45) is 0. The zero-order chi connectivity index (χ0) is 21.1. The van der Waals surface area contributed by atoms with Gasteiger partial charge in [-0.3, -0.25) is 9.59 Å². The molecule has 0 fully saturated rings. The highest BCUT2D eigenvalue weighted by Crippen LogP contribution is 2.07. The summed E-state index contributed by atoms with van der Waals surface area (Å²) in [5.41, 5.74) is 0.579. The molecule has 0 heterocycles. The number of carbonyl (C=O) groups is 4. The van der Waals surface area contributed by atoms with Crippen molar-refractivity contribution in [2.24, 2.45) is 5.92 Å². The van der Waals surface area contributed by atoms with Gasteiger partial charge in [0.2, 0.25) is 5.91 Å². The van der Waals surface area contributed by atoms with Gasteiger partial charge in [-0.25, -0.2) is 9.59 Å². The van der Waals surface area contributed by atoms with E-state index in [0.717, 1.165) is 0 Å². The number of rotatable bonds is 9. The van der Waals surface area contributed by atoms with Gasteiger partial charge in [-0.15, -0.1) is 0 Å². The Bertz CT molecular complexity index is 676. The SMILES string of the molecule is CC(C)NC(=O)CNC(=O)COC(=O)[C@@H](NC(=O)Nc1ccccc1)C(C)C. The van der Waals surface area contributed by atoms with E-state index in [2.05, 4.69) is 21.3 Å². The minimum atomic E-state index is -0.930. The van der Waals surface area contributed by atoms with Crippen molar-refractivity contribution in [3.63, 3.8) is 0 Å². The van der Waals surface area contributed by atoms with E-state index in [0.29, 0.717) is 5.69 Å². The van der Waals surface area contributed by atoms with Crippen LogP contribution in [0.2, 0.25) is 0 Å². The van der Waals surface area contributed by atoms with Gasteiger partial charge in [0.25, 0.3) is 5.91 Å². The maximum absolute atomic E-state index is 12.2. The molecule has 4 N–H and O–H groups in total. The third-order valence-corrected chi connectivity index (χ3v) is 3.48. The summed E-state index contributed by atoms with van der Waals surface area (Å²) in [4.78, 5) is 47.5. The van der Waals surface area contributed by atoms with E-state index >= 15 is 0 Å². The number of benzene rings is 1. The Morgan fingerprint density at radius 2 is 1.57 bits per heavy atom. The van der Waals surface area contributed by atoms with Gasteiger partial charge in [0.05, 0.1) is 6.54 Å². The number of nitrogens with one attached hydrogen (secondary N) is 4. The fourth-order valence-corrected chi connectivity index (χ4v) is 2.16. The molecule has 0 aliphatic heterocycles. The summed E-state index contributed by atoms with van der Waals surface area (Å²) in [5.74, 6) is -1.94. The largest absolute Gasteiger partial charge is 0.454 e. The molecule has 154 valence electrons. The molecule has 1 rings (SSSR count). The molecule has 0 aromatic heterocycles. The molecule has 0 aliphatic rings. The average molecular weight is 392 g/mol. The summed E-state index contributed by atoms with van der Waals surface area (Å²) in [7, 11) is 0. The lowest BCUT2D eigenvalue weighted by Crippen LogP contribution is -2.48. The van der Waals surface area contributed by atoms with E-state index in [1.165, 1.54) is 0 Å². The van der Waals surface area contributed by atoms with Gasteiger partial charge in [0.1, 0.15) is 6.04 Å². The fourth-order valence-electron chi connectivity index (χ4n) is 2.16. The Balaban J connectivity index is 2.46. The molecule has 0 saturated heterocycles. The quantitative estimate of drug-likeness (QED) is 0.467. The van der Waals surface area contributed by atoms with Crippen molar-refractivity contribution in [1.29, 1.82) is 0 Å². The number of esters is 1. The number of hydrogen-bond acceptors (Lipinski definition) is 5. The molecule has 0 unspecified atom stereocenters. The number of anilines is 1. The minimum absolute atomic E-state index is 0.0397. The molecule has 1 aromatic rings. The minimum Gasteiger partial charge on any atom is -0.454 e. The summed E-state index contributed by atoms with van der Waals surface area (Å²) in [6.45, 7) is 6.33. The van der Waals surface area contributed by atoms with Gasteiger partial charge in [-0.05, 0) is 31.9 Å². The maximum Gasteiger partial charge on any atom is 0.329 e. The number of ether oxygens (including phenoxy) is 1. The third kappa shape index (κ3) is 9.02. The lowest BCUT2D eigenvalue weighted by atomic mass is 10.1. The van der Waals surface area contributed by atoms with Crippen LogP contribution in [0.5, 0.6) is 0 Å². The zero-order valence-corrected chi connectivity index (χ0v) is 16.6. The van der Waals surface area contributed by atoms with Crippen LogP contribution in [0.15, 0.2) is 30.3 Å². The summed E-state index contributed by atoms with van der Waals surface area (Å²) >= 11 is 0. The molecule has 0 aliphatic carbocycles. The predicted octanol–water partition coefficient (Wildman–Crippen LogP) is 1.02. The first kappa shape index (κ1) is 22.9. The van der Waals surface area contributed by atoms with Crippen LogP contribution < -0.4 is 21.3 Å². The molecule has 9 nitrogen and oxygen atoms in total. The second kappa shape index (κ2) is 11.6. The van der Waals surface area contributed by atoms with Crippen LogP contribution in [0.4, 0.5) is 10.5 Å². The van der Waals surface area contributed by atoms with Crippen LogP contribution in [0.25, 0.3) is 0 Å². The van der Waals surface area contributed by atoms with Gasteiger partial charge in [-0.2, -0.15) is 0 Å². The molecule has 0 spiro atoms. The van der Waals surface area contributed by atoms with E-state index in [1.807, 2.05) is 6.07 Å². The normalized spacial score (nSPS) is 11.5. The molecule has 9 heteroatoms. The van der Waals surface area contributed by atoms with Crippen LogP contribution in [-0.2, 0) is 19.1 Å². The second-order valence-corrected chi connectivity index (χ2v) is 6.79. The molecule has 0 saturated carbocycles. The van der Waals surface area contributed by atoms with Crippen molar-refractivity contribution in [3.8, 4) is 0 Å². The Hall–Kier alpha value is -3.10. The zero-order valence-electron chi connectivity index (χ0n) is 16.6. The molecule has 28 heavy (non-hydrogen) atoms. The van der Waals surface area contributed by atoms with E-state index in [-0.39, 0.29) is 24.4 Å². The van der Waals surface area contributed by atoms with Crippen LogP contribution in [0, 0.1) is 5.92 Å². The average Bonchev–Trinajstić information content (AvgIpc) is 2.62. The van der Waals surface area contributed by atoms with Gasteiger partial charge < -0.3 is 26.0 Å². The number of amides is 4. The van der Waals surface area contributed by atoms with Gasteiger partial charge >= 0.3 is 12.0 Å². The molecule has 0 bridgehead atoms. The van der Waals surface area contributed by atoms with Crippen molar-refractivity contribution in [2.45, 2.75) is 39.8 Å². The van der Waals surface area contributed by atoms with Crippen molar-refractivity contribution in [1.82, 2.24) is 16.0 Å². The van der Waals surface area contributed by atoms with Crippen molar-refractivity contribution in [2.75, 3.05) is 18.5 Å². The van der Waals surface area contributed by atoms with E-state index in [1.54, 1.807) is 52.0 Å². The first-order chi connectivity index (χ1) is 13.2. The molecule has 1 aromatic carbocycles. The Kier molecular flexibility index (Phi) is 9.49. The fraction of sp³-hybridized carbons (Fsp3) is 0.474. The number of carbonyl (C=O) groups excluding carboxylic acids is 4. The van der Waals surface area contributed by atoms with Crippen LogP contribution in [0.3, 0.4) is 0 Å². The number of hydrogen-bond donors (Lipinski definition) is 4.